The van der Waals surface area contributed by atoms with Gasteiger partial charge in [0.1, 0.15) is 5.75 Å². The molecule has 0 spiro atoms. The molecule has 0 aliphatic rings. The fourth-order valence-corrected chi connectivity index (χ4v) is 1.77. The summed E-state index contributed by atoms with van der Waals surface area (Å²) in [6.07, 6.45) is 0. The summed E-state index contributed by atoms with van der Waals surface area (Å²) < 4.78 is 5.29. The lowest BCUT2D eigenvalue weighted by Gasteiger charge is -2.12. The second-order valence-corrected chi connectivity index (χ2v) is 3.97. The number of anilines is 2. The van der Waals surface area contributed by atoms with Gasteiger partial charge in [0.15, 0.2) is 0 Å². The molecule has 0 saturated carbocycles. The minimum atomic E-state index is 0.665. The van der Waals surface area contributed by atoms with Crippen molar-refractivity contribution in [2.45, 2.75) is 6.92 Å². The molecule has 90 valence electrons. The van der Waals surface area contributed by atoms with Crippen LogP contribution in [0.1, 0.15) is 11.1 Å². The molecule has 0 aliphatic carbocycles. The number of ether oxygens (including phenoxy) is 1. The number of nitrogens with zero attached hydrogens (tertiary/aromatic N) is 1. The molecule has 0 aromatic heterocycles. The molecule has 0 atom stereocenters. The Labute approximate surface area is 107 Å². The minimum Gasteiger partial charge on any atom is -0.495 e. The van der Waals surface area contributed by atoms with E-state index >= 15 is 0 Å². The van der Waals surface area contributed by atoms with Crippen LogP contribution in [0.25, 0.3) is 0 Å². The molecule has 0 amide bonds. The van der Waals surface area contributed by atoms with Gasteiger partial charge in [-0.2, -0.15) is 5.26 Å². The third kappa shape index (κ3) is 2.44. The van der Waals surface area contributed by atoms with Crippen LogP contribution in [0, 0.1) is 18.3 Å². The SMILES string of the molecule is COc1ccccc1Nc1ccc(C#N)cc1C. The van der Waals surface area contributed by atoms with Crippen molar-refractivity contribution < 1.29 is 4.74 Å². The lowest BCUT2D eigenvalue weighted by Crippen LogP contribution is -1.96. The molecular formula is C15H14N2O. The molecule has 2 aromatic carbocycles. The average Bonchev–Trinajstić information content (AvgIpc) is 2.41. The maximum atomic E-state index is 8.83. The zero-order chi connectivity index (χ0) is 13.0. The summed E-state index contributed by atoms with van der Waals surface area (Å²) in [5.74, 6) is 0.793. The summed E-state index contributed by atoms with van der Waals surface area (Å²) in [6.45, 7) is 1.97. The fraction of sp³-hybridized carbons (Fsp3) is 0.133. The fourth-order valence-electron chi connectivity index (χ4n) is 1.77. The Morgan fingerprint density at radius 2 is 1.89 bits per heavy atom. The number of methoxy groups -OCH3 is 1. The third-order valence-corrected chi connectivity index (χ3v) is 2.73. The van der Waals surface area contributed by atoms with Gasteiger partial charge < -0.3 is 10.1 Å². The van der Waals surface area contributed by atoms with Crippen molar-refractivity contribution in [3.63, 3.8) is 0 Å². The van der Waals surface area contributed by atoms with Crippen molar-refractivity contribution in [1.82, 2.24) is 0 Å². The standard InChI is InChI=1S/C15H14N2O/c1-11-9-12(10-16)7-8-13(11)17-14-5-3-4-6-15(14)18-2/h3-9,17H,1-2H3. The Morgan fingerprint density at radius 3 is 2.56 bits per heavy atom. The number of rotatable bonds is 3. The van der Waals surface area contributed by atoms with E-state index in [4.69, 9.17) is 10.00 Å². The first kappa shape index (κ1) is 12.0. The highest BCUT2D eigenvalue weighted by Gasteiger charge is 2.04. The predicted molar refractivity (Wildman–Crippen MR) is 72.2 cm³/mol. The lowest BCUT2D eigenvalue weighted by molar-refractivity contribution is 0.417. The van der Waals surface area contributed by atoms with Crippen molar-refractivity contribution in [3.05, 3.63) is 53.6 Å². The first-order valence-electron chi connectivity index (χ1n) is 5.65. The van der Waals surface area contributed by atoms with Gasteiger partial charge in [-0.3, -0.25) is 0 Å². The van der Waals surface area contributed by atoms with Gasteiger partial charge in [-0.1, -0.05) is 12.1 Å². The number of hydrogen-bond donors (Lipinski definition) is 1. The van der Waals surface area contributed by atoms with E-state index in [2.05, 4.69) is 11.4 Å². The highest BCUT2D eigenvalue weighted by molar-refractivity contribution is 5.68. The molecule has 0 bridgehead atoms. The monoisotopic (exact) mass is 238 g/mol. The lowest BCUT2D eigenvalue weighted by atomic mass is 10.1. The van der Waals surface area contributed by atoms with E-state index < -0.39 is 0 Å². The Balaban J connectivity index is 2.32. The number of aryl methyl sites for hydroxylation is 1. The van der Waals surface area contributed by atoms with Gasteiger partial charge in [-0.25, -0.2) is 0 Å². The van der Waals surface area contributed by atoms with Crippen LogP contribution in [0.2, 0.25) is 0 Å². The molecule has 1 N–H and O–H groups in total. The van der Waals surface area contributed by atoms with Crippen LogP contribution in [0.15, 0.2) is 42.5 Å². The van der Waals surface area contributed by atoms with E-state index in [0.29, 0.717) is 5.56 Å². The second kappa shape index (κ2) is 5.24. The zero-order valence-corrected chi connectivity index (χ0v) is 10.4. The van der Waals surface area contributed by atoms with Gasteiger partial charge in [-0.05, 0) is 42.8 Å². The predicted octanol–water partition coefficient (Wildman–Crippen LogP) is 3.62. The molecule has 2 rings (SSSR count). The van der Waals surface area contributed by atoms with Gasteiger partial charge in [0.05, 0.1) is 24.4 Å². The van der Waals surface area contributed by atoms with Crippen LogP contribution in [0.5, 0.6) is 5.75 Å². The van der Waals surface area contributed by atoms with Crippen LogP contribution in [-0.2, 0) is 0 Å². The molecule has 0 aliphatic heterocycles. The average molecular weight is 238 g/mol. The van der Waals surface area contributed by atoms with E-state index in [1.807, 2.05) is 43.3 Å². The van der Waals surface area contributed by atoms with Gasteiger partial charge in [-0.15, -0.1) is 0 Å². The first-order valence-corrected chi connectivity index (χ1v) is 5.65. The molecule has 0 saturated heterocycles. The van der Waals surface area contributed by atoms with Crippen molar-refractivity contribution in [3.8, 4) is 11.8 Å². The Bertz CT molecular complexity index is 600. The van der Waals surface area contributed by atoms with E-state index in [1.54, 1.807) is 13.2 Å². The number of benzene rings is 2. The maximum Gasteiger partial charge on any atom is 0.142 e. The second-order valence-electron chi connectivity index (χ2n) is 3.97. The Hall–Kier alpha value is -2.47. The van der Waals surface area contributed by atoms with Crippen LogP contribution in [-0.4, -0.2) is 7.11 Å². The molecule has 0 heterocycles. The van der Waals surface area contributed by atoms with Crippen LogP contribution >= 0.6 is 0 Å². The molecule has 3 nitrogen and oxygen atoms in total. The van der Waals surface area contributed by atoms with Crippen LogP contribution in [0.3, 0.4) is 0 Å². The van der Waals surface area contributed by atoms with Crippen molar-refractivity contribution in [2.24, 2.45) is 0 Å². The smallest absolute Gasteiger partial charge is 0.142 e. The normalized spacial score (nSPS) is 9.61. The van der Waals surface area contributed by atoms with Gasteiger partial charge in [0, 0.05) is 5.69 Å². The number of nitriles is 1. The molecule has 3 heteroatoms. The van der Waals surface area contributed by atoms with Gasteiger partial charge in [0.2, 0.25) is 0 Å². The van der Waals surface area contributed by atoms with Crippen LogP contribution < -0.4 is 10.1 Å². The highest BCUT2D eigenvalue weighted by atomic mass is 16.5. The summed E-state index contributed by atoms with van der Waals surface area (Å²) in [5, 5.41) is 12.1. The van der Waals surface area contributed by atoms with E-state index in [9.17, 15) is 0 Å². The molecular weight excluding hydrogens is 224 g/mol. The van der Waals surface area contributed by atoms with E-state index in [-0.39, 0.29) is 0 Å². The van der Waals surface area contributed by atoms with Crippen LogP contribution in [0.4, 0.5) is 11.4 Å². The van der Waals surface area contributed by atoms with Crippen molar-refractivity contribution >= 4 is 11.4 Å². The number of hydrogen-bond acceptors (Lipinski definition) is 3. The summed E-state index contributed by atoms with van der Waals surface area (Å²) >= 11 is 0. The van der Waals surface area contributed by atoms with Gasteiger partial charge >= 0.3 is 0 Å². The quantitative estimate of drug-likeness (QED) is 0.888. The molecule has 0 radical (unpaired) electrons. The van der Waals surface area contributed by atoms with E-state index in [0.717, 1.165) is 22.7 Å². The Morgan fingerprint density at radius 1 is 1.11 bits per heavy atom. The first-order chi connectivity index (χ1) is 8.74. The minimum absolute atomic E-state index is 0.665. The number of para-hydroxylation sites is 2. The van der Waals surface area contributed by atoms with Gasteiger partial charge in [0.25, 0.3) is 0 Å². The largest absolute Gasteiger partial charge is 0.495 e. The summed E-state index contributed by atoms with van der Waals surface area (Å²) in [4.78, 5) is 0. The highest BCUT2D eigenvalue weighted by Crippen LogP contribution is 2.28. The zero-order valence-electron chi connectivity index (χ0n) is 10.4. The summed E-state index contributed by atoms with van der Waals surface area (Å²) in [6, 6.07) is 15.4. The van der Waals surface area contributed by atoms with E-state index in [1.165, 1.54) is 0 Å². The molecule has 0 fully saturated rings. The number of nitrogens with one attached hydrogen (secondary N) is 1. The molecule has 2 aromatic rings. The topological polar surface area (TPSA) is 45.0 Å². The van der Waals surface area contributed by atoms with Crippen molar-refractivity contribution in [2.75, 3.05) is 12.4 Å². The third-order valence-electron chi connectivity index (χ3n) is 2.73. The Kier molecular flexibility index (Phi) is 3.49. The summed E-state index contributed by atoms with van der Waals surface area (Å²) in [5.41, 5.74) is 3.57. The maximum absolute atomic E-state index is 8.83. The summed E-state index contributed by atoms with van der Waals surface area (Å²) in [7, 11) is 1.64. The molecule has 0 unspecified atom stereocenters. The van der Waals surface area contributed by atoms with Crippen molar-refractivity contribution in [1.29, 1.82) is 5.26 Å². The molecule has 18 heavy (non-hydrogen) atoms.